The van der Waals surface area contributed by atoms with E-state index in [0.717, 1.165) is 22.2 Å². The third-order valence-corrected chi connectivity index (χ3v) is 5.59. The van der Waals surface area contributed by atoms with Crippen LogP contribution in [0.2, 0.25) is 0 Å². The van der Waals surface area contributed by atoms with Gasteiger partial charge in [-0.15, -0.1) is 0 Å². The second-order valence-corrected chi connectivity index (χ2v) is 7.08. The van der Waals surface area contributed by atoms with Crippen molar-refractivity contribution in [1.29, 1.82) is 0 Å². The van der Waals surface area contributed by atoms with Crippen LogP contribution in [0.25, 0.3) is 10.9 Å². The first-order valence-electron chi connectivity index (χ1n) is 7.47. The van der Waals surface area contributed by atoms with Crippen molar-refractivity contribution in [2.45, 2.75) is 43.9 Å². The van der Waals surface area contributed by atoms with Crippen LogP contribution in [0, 0.1) is 6.92 Å². The van der Waals surface area contributed by atoms with Crippen LogP contribution in [0.3, 0.4) is 0 Å². The van der Waals surface area contributed by atoms with Gasteiger partial charge in [0.05, 0.1) is 5.52 Å². The molecule has 106 valence electrons. The van der Waals surface area contributed by atoms with E-state index in [-0.39, 0.29) is 6.04 Å². The van der Waals surface area contributed by atoms with Crippen molar-refractivity contribution in [2.75, 3.05) is 5.75 Å². The summed E-state index contributed by atoms with van der Waals surface area (Å²) in [6.45, 7) is 2.03. The van der Waals surface area contributed by atoms with Crippen molar-refractivity contribution >= 4 is 22.7 Å². The number of rotatable bonds is 4. The lowest BCUT2D eigenvalue weighted by molar-refractivity contribution is 0.821. The summed E-state index contributed by atoms with van der Waals surface area (Å²) in [5.41, 5.74) is 9.70. The largest absolute Gasteiger partial charge is 0.323 e. The number of hydrogen-bond donors (Lipinski definition) is 1. The molecule has 0 bridgehead atoms. The van der Waals surface area contributed by atoms with Crippen molar-refractivity contribution in [3.63, 3.8) is 0 Å². The average molecular weight is 286 g/mol. The molecule has 1 fully saturated rings. The predicted molar refractivity (Wildman–Crippen MR) is 88.1 cm³/mol. The molecule has 2 N–H and O–H groups in total. The molecule has 0 aliphatic heterocycles. The highest BCUT2D eigenvalue weighted by molar-refractivity contribution is 7.99. The van der Waals surface area contributed by atoms with Gasteiger partial charge in [0.2, 0.25) is 0 Å². The molecule has 0 saturated heterocycles. The lowest BCUT2D eigenvalue weighted by atomic mass is 10.1. The molecule has 2 aromatic rings. The highest BCUT2D eigenvalue weighted by Gasteiger charge is 2.17. The van der Waals surface area contributed by atoms with Crippen LogP contribution in [0.15, 0.2) is 30.3 Å². The Bertz CT molecular complexity index is 591. The van der Waals surface area contributed by atoms with Crippen LogP contribution >= 0.6 is 11.8 Å². The summed E-state index contributed by atoms with van der Waals surface area (Å²) in [4.78, 5) is 4.54. The minimum absolute atomic E-state index is 0.131. The Kier molecular flexibility index (Phi) is 4.27. The van der Waals surface area contributed by atoms with Crippen LogP contribution in [0.5, 0.6) is 0 Å². The Hall–Kier alpha value is -1.06. The number of nitrogens with zero attached hydrogens (tertiary/aromatic N) is 1. The Labute approximate surface area is 125 Å². The molecule has 0 radical (unpaired) electrons. The molecule has 1 atom stereocenters. The van der Waals surface area contributed by atoms with E-state index in [1.165, 1.54) is 36.6 Å². The topological polar surface area (TPSA) is 38.9 Å². The van der Waals surface area contributed by atoms with Crippen LogP contribution in [-0.2, 0) is 0 Å². The maximum atomic E-state index is 6.35. The third-order valence-electron chi connectivity index (χ3n) is 4.09. The molecule has 20 heavy (non-hydrogen) atoms. The minimum atomic E-state index is 0.131. The molecule has 1 heterocycles. The Morgan fingerprint density at radius 2 is 2.05 bits per heavy atom. The zero-order valence-corrected chi connectivity index (χ0v) is 12.8. The molecule has 1 aromatic carbocycles. The lowest BCUT2D eigenvalue weighted by Crippen LogP contribution is -2.14. The van der Waals surface area contributed by atoms with Crippen molar-refractivity contribution in [1.82, 2.24) is 4.98 Å². The van der Waals surface area contributed by atoms with Crippen LogP contribution in [-0.4, -0.2) is 16.0 Å². The van der Waals surface area contributed by atoms with Crippen molar-refractivity contribution < 1.29 is 0 Å². The van der Waals surface area contributed by atoms with Crippen LogP contribution in [0.1, 0.15) is 43.0 Å². The second kappa shape index (κ2) is 6.15. The SMILES string of the molecule is Cc1ccc2cc(C(N)CSC3CCCC3)ccc2n1. The minimum Gasteiger partial charge on any atom is -0.323 e. The van der Waals surface area contributed by atoms with Crippen molar-refractivity contribution in [2.24, 2.45) is 5.73 Å². The first-order valence-corrected chi connectivity index (χ1v) is 8.52. The number of benzene rings is 1. The van der Waals surface area contributed by atoms with Gasteiger partial charge in [0.25, 0.3) is 0 Å². The summed E-state index contributed by atoms with van der Waals surface area (Å²) in [7, 11) is 0. The highest BCUT2D eigenvalue weighted by atomic mass is 32.2. The van der Waals surface area contributed by atoms with E-state index in [4.69, 9.17) is 5.73 Å². The molecular weight excluding hydrogens is 264 g/mol. The number of hydrogen-bond acceptors (Lipinski definition) is 3. The normalized spacial score (nSPS) is 17.7. The van der Waals surface area contributed by atoms with Gasteiger partial charge in [0, 0.05) is 28.1 Å². The molecule has 3 rings (SSSR count). The van der Waals surface area contributed by atoms with Gasteiger partial charge < -0.3 is 5.73 Å². The van der Waals surface area contributed by atoms with Crippen LogP contribution < -0.4 is 5.73 Å². The maximum Gasteiger partial charge on any atom is 0.0705 e. The van der Waals surface area contributed by atoms with Gasteiger partial charge in [-0.05, 0) is 43.5 Å². The fourth-order valence-electron chi connectivity index (χ4n) is 2.87. The van der Waals surface area contributed by atoms with Crippen molar-refractivity contribution in [3.05, 3.63) is 41.6 Å². The van der Waals surface area contributed by atoms with E-state index in [1.807, 2.05) is 6.92 Å². The van der Waals surface area contributed by atoms with Gasteiger partial charge >= 0.3 is 0 Å². The Morgan fingerprint density at radius 3 is 2.85 bits per heavy atom. The van der Waals surface area contributed by atoms with Gasteiger partial charge in [-0.25, -0.2) is 0 Å². The molecule has 3 heteroatoms. The van der Waals surface area contributed by atoms with Gasteiger partial charge in [-0.3, -0.25) is 4.98 Å². The summed E-state index contributed by atoms with van der Waals surface area (Å²) in [6.07, 6.45) is 5.54. The number of pyridine rings is 1. The first-order chi connectivity index (χ1) is 9.72. The molecule has 1 unspecified atom stereocenters. The number of aryl methyl sites for hydroxylation is 1. The molecule has 1 aliphatic rings. The smallest absolute Gasteiger partial charge is 0.0705 e. The monoisotopic (exact) mass is 286 g/mol. The third kappa shape index (κ3) is 3.15. The van der Waals surface area contributed by atoms with Crippen LogP contribution in [0.4, 0.5) is 0 Å². The van der Waals surface area contributed by atoms with E-state index in [0.29, 0.717) is 0 Å². The highest BCUT2D eigenvalue weighted by Crippen LogP contribution is 2.31. The summed E-state index contributed by atoms with van der Waals surface area (Å²) in [5.74, 6) is 1.02. The average Bonchev–Trinajstić information content (AvgIpc) is 2.97. The van der Waals surface area contributed by atoms with E-state index in [1.54, 1.807) is 0 Å². The molecule has 0 amide bonds. The number of thioether (sulfide) groups is 1. The Morgan fingerprint density at radius 1 is 1.25 bits per heavy atom. The zero-order valence-electron chi connectivity index (χ0n) is 12.0. The summed E-state index contributed by atoms with van der Waals surface area (Å²) < 4.78 is 0. The molecule has 1 aromatic heterocycles. The molecule has 1 aliphatic carbocycles. The maximum absolute atomic E-state index is 6.35. The van der Waals surface area contributed by atoms with Gasteiger partial charge in [0.1, 0.15) is 0 Å². The standard InChI is InChI=1S/C17H22N2S/c1-12-6-7-14-10-13(8-9-17(14)19-12)16(18)11-20-15-4-2-3-5-15/h6-10,15-16H,2-5,11,18H2,1H3. The summed E-state index contributed by atoms with van der Waals surface area (Å²) in [6, 6.07) is 10.8. The zero-order chi connectivity index (χ0) is 13.9. The van der Waals surface area contributed by atoms with E-state index in [2.05, 4.69) is 47.1 Å². The fourth-order valence-corrected chi connectivity index (χ4v) is 4.21. The van der Waals surface area contributed by atoms with Gasteiger partial charge in [-0.2, -0.15) is 11.8 Å². The second-order valence-electron chi connectivity index (χ2n) is 5.75. The molecular formula is C17H22N2S. The lowest BCUT2D eigenvalue weighted by Gasteiger charge is -2.15. The fraction of sp³-hybridized carbons (Fsp3) is 0.471. The molecule has 0 spiro atoms. The van der Waals surface area contributed by atoms with E-state index < -0.39 is 0 Å². The van der Waals surface area contributed by atoms with Gasteiger partial charge in [0.15, 0.2) is 0 Å². The van der Waals surface area contributed by atoms with E-state index in [9.17, 15) is 0 Å². The van der Waals surface area contributed by atoms with Gasteiger partial charge in [-0.1, -0.05) is 25.0 Å². The van der Waals surface area contributed by atoms with E-state index >= 15 is 0 Å². The quantitative estimate of drug-likeness (QED) is 0.914. The number of aromatic nitrogens is 1. The molecule has 1 saturated carbocycles. The van der Waals surface area contributed by atoms with Crippen molar-refractivity contribution in [3.8, 4) is 0 Å². The Balaban J connectivity index is 1.70. The first kappa shape index (κ1) is 13.9. The summed E-state index contributed by atoms with van der Waals surface area (Å²) in [5, 5.41) is 2.03. The number of fused-ring (bicyclic) bond motifs is 1. The molecule has 2 nitrogen and oxygen atoms in total. The number of nitrogens with two attached hydrogens (primary N) is 1. The summed E-state index contributed by atoms with van der Waals surface area (Å²) >= 11 is 2.05. The predicted octanol–water partition coefficient (Wildman–Crippen LogP) is 4.22.